The van der Waals surface area contributed by atoms with Crippen molar-refractivity contribution in [3.8, 4) is 0 Å². The van der Waals surface area contributed by atoms with Gasteiger partial charge in [-0.1, -0.05) is 0 Å². The Morgan fingerprint density at radius 1 is 1.10 bits per heavy atom. The second kappa shape index (κ2) is 7.08. The average molecular weight is 307 g/mol. The Kier molecular flexibility index (Phi) is 5.74. The molecule has 0 aromatic carbocycles. The molecule has 1 fully saturated rings. The minimum absolute atomic E-state index is 0.00487. The molecule has 20 heavy (non-hydrogen) atoms. The van der Waals surface area contributed by atoms with Crippen LogP contribution in [-0.2, 0) is 19.4 Å². The Hall–Kier alpha value is -1.84. The number of rotatable bonds is 6. The SMILES string of the molecule is O=C(O)CNC(=O)CNC(=O)NCC1CCCS1(=O)=O. The van der Waals surface area contributed by atoms with E-state index in [2.05, 4.69) is 16.0 Å². The largest absolute Gasteiger partial charge is 0.480 e. The molecule has 0 bridgehead atoms. The number of carbonyl (C=O) groups excluding carboxylic acids is 2. The lowest BCUT2D eigenvalue weighted by Crippen LogP contribution is -2.45. The van der Waals surface area contributed by atoms with E-state index in [9.17, 15) is 22.8 Å². The Bertz CT molecular complexity index is 489. The van der Waals surface area contributed by atoms with Gasteiger partial charge >= 0.3 is 12.0 Å². The lowest BCUT2D eigenvalue weighted by atomic mass is 10.2. The number of sulfone groups is 1. The van der Waals surface area contributed by atoms with Crippen LogP contribution in [0.5, 0.6) is 0 Å². The molecule has 1 saturated heterocycles. The summed E-state index contributed by atoms with van der Waals surface area (Å²) in [4.78, 5) is 32.6. The van der Waals surface area contributed by atoms with Crippen LogP contribution in [0, 0.1) is 0 Å². The third-order valence-corrected chi connectivity index (χ3v) is 5.08. The summed E-state index contributed by atoms with van der Waals surface area (Å²) in [5, 5.41) is 14.4. The number of carboxylic acid groups (broad SMARTS) is 1. The van der Waals surface area contributed by atoms with Crippen molar-refractivity contribution in [3.63, 3.8) is 0 Å². The van der Waals surface area contributed by atoms with E-state index in [4.69, 9.17) is 5.11 Å². The molecule has 114 valence electrons. The van der Waals surface area contributed by atoms with E-state index in [-0.39, 0.29) is 18.8 Å². The van der Waals surface area contributed by atoms with Crippen LogP contribution >= 0.6 is 0 Å². The van der Waals surface area contributed by atoms with Crippen LogP contribution in [0.15, 0.2) is 0 Å². The van der Waals surface area contributed by atoms with E-state index >= 15 is 0 Å². The smallest absolute Gasteiger partial charge is 0.322 e. The third kappa shape index (κ3) is 5.43. The molecule has 1 heterocycles. The first-order valence-electron chi connectivity index (χ1n) is 6.03. The topological polar surface area (TPSA) is 142 Å². The Morgan fingerprint density at radius 3 is 2.35 bits per heavy atom. The fraction of sp³-hybridized carbons (Fsp3) is 0.700. The van der Waals surface area contributed by atoms with Gasteiger partial charge in [0.1, 0.15) is 6.54 Å². The summed E-state index contributed by atoms with van der Waals surface area (Å²) in [6.45, 7) is -0.899. The third-order valence-electron chi connectivity index (χ3n) is 2.80. The van der Waals surface area contributed by atoms with Crippen LogP contribution in [-0.4, -0.2) is 62.1 Å². The lowest BCUT2D eigenvalue weighted by Gasteiger charge is -2.11. The van der Waals surface area contributed by atoms with E-state index in [1.807, 2.05) is 0 Å². The summed E-state index contributed by atoms with van der Waals surface area (Å²) >= 11 is 0. The van der Waals surface area contributed by atoms with Gasteiger partial charge in [-0.05, 0) is 12.8 Å². The average Bonchev–Trinajstić information content (AvgIpc) is 2.70. The minimum atomic E-state index is -3.12. The molecule has 10 heteroatoms. The molecule has 1 unspecified atom stereocenters. The molecule has 1 atom stereocenters. The number of carboxylic acids is 1. The Morgan fingerprint density at radius 2 is 1.80 bits per heavy atom. The molecule has 4 N–H and O–H groups in total. The number of aliphatic carboxylic acids is 1. The molecular formula is C10H17N3O6S. The summed E-state index contributed by atoms with van der Waals surface area (Å²) in [6, 6.07) is -0.669. The highest BCUT2D eigenvalue weighted by atomic mass is 32.2. The number of hydrogen-bond donors (Lipinski definition) is 4. The maximum absolute atomic E-state index is 11.5. The van der Waals surface area contributed by atoms with Gasteiger partial charge < -0.3 is 21.1 Å². The zero-order valence-electron chi connectivity index (χ0n) is 10.7. The highest BCUT2D eigenvalue weighted by Crippen LogP contribution is 2.18. The van der Waals surface area contributed by atoms with Crippen LogP contribution in [0.1, 0.15) is 12.8 Å². The molecule has 0 saturated carbocycles. The van der Waals surface area contributed by atoms with E-state index in [0.29, 0.717) is 12.8 Å². The molecule has 0 radical (unpaired) electrons. The molecule has 9 nitrogen and oxygen atoms in total. The highest BCUT2D eigenvalue weighted by molar-refractivity contribution is 7.92. The molecule has 1 aliphatic rings. The normalized spacial score (nSPS) is 20.1. The zero-order valence-corrected chi connectivity index (χ0v) is 11.5. The zero-order chi connectivity index (χ0) is 15.2. The van der Waals surface area contributed by atoms with E-state index in [0.717, 1.165) is 0 Å². The van der Waals surface area contributed by atoms with E-state index in [1.165, 1.54) is 0 Å². The molecule has 3 amide bonds. The number of urea groups is 1. The van der Waals surface area contributed by atoms with Gasteiger partial charge in [-0.15, -0.1) is 0 Å². The Labute approximate surface area is 116 Å². The van der Waals surface area contributed by atoms with Crippen molar-refractivity contribution < 1.29 is 27.9 Å². The van der Waals surface area contributed by atoms with Crippen LogP contribution in [0.3, 0.4) is 0 Å². The maximum atomic E-state index is 11.5. The predicted molar refractivity (Wildman–Crippen MR) is 68.9 cm³/mol. The van der Waals surface area contributed by atoms with Gasteiger partial charge in [0.05, 0.1) is 17.5 Å². The maximum Gasteiger partial charge on any atom is 0.322 e. The van der Waals surface area contributed by atoms with Gasteiger partial charge in [0.25, 0.3) is 0 Å². The predicted octanol–water partition coefficient (Wildman–Crippen LogP) is -1.94. The van der Waals surface area contributed by atoms with E-state index < -0.39 is 39.5 Å². The van der Waals surface area contributed by atoms with Gasteiger partial charge in [0.2, 0.25) is 5.91 Å². The minimum Gasteiger partial charge on any atom is -0.480 e. The van der Waals surface area contributed by atoms with E-state index in [1.54, 1.807) is 0 Å². The second-order valence-corrected chi connectivity index (χ2v) is 6.77. The molecule has 0 aromatic heterocycles. The second-order valence-electron chi connectivity index (χ2n) is 4.37. The number of hydrogen-bond acceptors (Lipinski definition) is 5. The van der Waals surface area contributed by atoms with Crippen LogP contribution in [0.25, 0.3) is 0 Å². The fourth-order valence-electron chi connectivity index (χ4n) is 1.75. The lowest BCUT2D eigenvalue weighted by molar-refractivity contribution is -0.137. The summed E-state index contributed by atoms with van der Waals surface area (Å²) in [6.07, 6.45) is 1.11. The number of carbonyl (C=O) groups is 3. The highest BCUT2D eigenvalue weighted by Gasteiger charge is 2.31. The Balaban J connectivity index is 2.21. The number of amides is 3. The quantitative estimate of drug-likeness (QED) is 0.450. The first-order chi connectivity index (χ1) is 9.31. The van der Waals surface area contributed by atoms with Crippen molar-refractivity contribution in [2.45, 2.75) is 18.1 Å². The van der Waals surface area contributed by atoms with Gasteiger partial charge in [-0.3, -0.25) is 9.59 Å². The summed E-state index contributed by atoms with van der Waals surface area (Å²) in [7, 11) is -3.12. The van der Waals surface area contributed by atoms with Crippen LogP contribution in [0.2, 0.25) is 0 Å². The van der Waals surface area contributed by atoms with Crippen molar-refractivity contribution >= 4 is 27.7 Å². The molecule has 1 aliphatic heterocycles. The van der Waals surface area contributed by atoms with Gasteiger partial charge in [-0.2, -0.15) is 0 Å². The molecule has 1 rings (SSSR count). The van der Waals surface area contributed by atoms with Gasteiger partial charge in [-0.25, -0.2) is 13.2 Å². The van der Waals surface area contributed by atoms with Crippen molar-refractivity contribution in [2.75, 3.05) is 25.4 Å². The van der Waals surface area contributed by atoms with Crippen molar-refractivity contribution in [1.82, 2.24) is 16.0 Å². The fourth-order valence-corrected chi connectivity index (χ4v) is 3.52. The molecular weight excluding hydrogens is 290 g/mol. The molecule has 0 aromatic rings. The monoisotopic (exact) mass is 307 g/mol. The number of nitrogens with one attached hydrogen (secondary N) is 3. The first kappa shape index (κ1) is 16.2. The summed E-state index contributed by atoms with van der Waals surface area (Å²) in [5.74, 6) is -1.69. The summed E-state index contributed by atoms with van der Waals surface area (Å²) in [5.41, 5.74) is 0. The van der Waals surface area contributed by atoms with Crippen molar-refractivity contribution in [1.29, 1.82) is 0 Å². The summed E-state index contributed by atoms with van der Waals surface area (Å²) < 4.78 is 23.0. The van der Waals surface area contributed by atoms with Gasteiger partial charge in [0.15, 0.2) is 9.84 Å². The van der Waals surface area contributed by atoms with Crippen molar-refractivity contribution in [3.05, 3.63) is 0 Å². The van der Waals surface area contributed by atoms with Crippen LogP contribution in [0.4, 0.5) is 4.79 Å². The van der Waals surface area contributed by atoms with Crippen molar-refractivity contribution in [2.24, 2.45) is 0 Å². The van der Waals surface area contributed by atoms with Gasteiger partial charge in [0, 0.05) is 6.54 Å². The molecule has 0 aliphatic carbocycles. The standard InChI is InChI=1S/C10H17N3O6S/c14-8(11-6-9(15)16)5-13-10(17)12-4-7-2-1-3-20(7,18)19/h7H,1-6H2,(H,11,14)(H,15,16)(H2,12,13,17). The van der Waals surface area contributed by atoms with Crippen LogP contribution < -0.4 is 16.0 Å². The molecule has 0 spiro atoms. The first-order valence-corrected chi connectivity index (χ1v) is 7.74.